The second-order valence-corrected chi connectivity index (χ2v) is 10.5. The third kappa shape index (κ3) is 4.30. The lowest BCUT2D eigenvalue weighted by atomic mass is 9.75. The summed E-state index contributed by atoms with van der Waals surface area (Å²) in [5.41, 5.74) is 3.09. The highest BCUT2D eigenvalue weighted by atomic mass is 32.2. The zero-order valence-electron chi connectivity index (χ0n) is 18.3. The van der Waals surface area contributed by atoms with Gasteiger partial charge in [0.05, 0.1) is 0 Å². The molecule has 1 aliphatic carbocycles. The summed E-state index contributed by atoms with van der Waals surface area (Å²) in [4.78, 5) is 25.8. The number of carboxylic acids is 1. The van der Waals surface area contributed by atoms with Gasteiger partial charge in [0, 0.05) is 47.8 Å². The van der Waals surface area contributed by atoms with Crippen LogP contribution in [0.15, 0.2) is 29.2 Å². The van der Waals surface area contributed by atoms with Crippen LogP contribution in [0, 0.1) is 12.3 Å². The van der Waals surface area contributed by atoms with Gasteiger partial charge in [0.25, 0.3) is 6.30 Å². The standard InChI is InChI=1S/C24H29FN2O3S/c1-15-17(12-16-8-4-5-9-20(16)31-26-10-6-7-11-26)21-18(27(15)22(25)23(29)30)13-24(2,3)14-19(21)28/h4-5,8-9,22H,6-7,10-14H2,1-3H3,(H,29,30). The van der Waals surface area contributed by atoms with Crippen molar-refractivity contribution in [2.45, 2.75) is 64.1 Å². The monoisotopic (exact) mass is 444 g/mol. The number of halogens is 1. The van der Waals surface area contributed by atoms with Crippen molar-refractivity contribution in [3.8, 4) is 0 Å². The number of hydrogen-bond donors (Lipinski definition) is 1. The van der Waals surface area contributed by atoms with Crippen molar-refractivity contribution in [2.24, 2.45) is 5.41 Å². The first-order chi connectivity index (χ1) is 14.7. The van der Waals surface area contributed by atoms with Crippen LogP contribution in [0.1, 0.15) is 72.3 Å². The maximum absolute atomic E-state index is 14.8. The first-order valence-electron chi connectivity index (χ1n) is 10.8. The van der Waals surface area contributed by atoms with Gasteiger partial charge in [0.2, 0.25) is 0 Å². The maximum Gasteiger partial charge on any atom is 0.359 e. The summed E-state index contributed by atoms with van der Waals surface area (Å²) in [6.45, 7) is 7.78. The fourth-order valence-corrected chi connectivity index (χ4v) is 5.96. The average Bonchev–Trinajstić information content (AvgIpc) is 3.28. The minimum atomic E-state index is -2.20. The highest BCUT2D eigenvalue weighted by Gasteiger charge is 2.39. The van der Waals surface area contributed by atoms with Gasteiger partial charge in [-0.25, -0.2) is 13.5 Å². The van der Waals surface area contributed by atoms with E-state index in [1.54, 1.807) is 18.9 Å². The Morgan fingerprint density at radius 2 is 1.90 bits per heavy atom. The van der Waals surface area contributed by atoms with Crippen molar-refractivity contribution in [2.75, 3.05) is 13.1 Å². The molecule has 0 radical (unpaired) electrons. The lowest BCUT2D eigenvalue weighted by Gasteiger charge is -2.30. The quantitative estimate of drug-likeness (QED) is 0.621. The molecule has 1 aromatic heterocycles. The third-order valence-corrected chi connectivity index (χ3v) is 7.52. The molecule has 2 aromatic rings. The van der Waals surface area contributed by atoms with E-state index in [1.807, 2.05) is 32.0 Å². The Balaban J connectivity index is 1.78. The zero-order chi connectivity index (χ0) is 22.3. The Morgan fingerprint density at radius 1 is 1.23 bits per heavy atom. The Bertz CT molecular complexity index is 1020. The first-order valence-corrected chi connectivity index (χ1v) is 11.6. The summed E-state index contributed by atoms with van der Waals surface area (Å²) >= 11 is 1.73. The van der Waals surface area contributed by atoms with Crippen molar-refractivity contribution in [3.05, 3.63) is 52.3 Å². The summed E-state index contributed by atoms with van der Waals surface area (Å²) < 4.78 is 18.4. The summed E-state index contributed by atoms with van der Waals surface area (Å²) in [5.74, 6) is -1.56. The summed E-state index contributed by atoms with van der Waals surface area (Å²) in [6, 6.07) is 8.10. The molecule has 5 nitrogen and oxygen atoms in total. The maximum atomic E-state index is 14.8. The van der Waals surface area contributed by atoms with Crippen molar-refractivity contribution >= 4 is 23.7 Å². The lowest BCUT2D eigenvalue weighted by Crippen LogP contribution is -2.30. The smallest absolute Gasteiger partial charge is 0.359 e. The fourth-order valence-electron chi connectivity index (χ4n) is 4.85. The molecule has 1 aromatic carbocycles. The zero-order valence-corrected chi connectivity index (χ0v) is 19.1. The number of carboxylic acid groups (broad SMARTS) is 1. The van der Waals surface area contributed by atoms with Crippen LogP contribution in [0.5, 0.6) is 0 Å². The Hall–Kier alpha value is -2.12. The predicted molar refractivity (Wildman–Crippen MR) is 119 cm³/mol. The number of benzene rings is 1. The number of hydrogen-bond acceptors (Lipinski definition) is 4. The highest BCUT2D eigenvalue weighted by Crippen LogP contribution is 2.41. The van der Waals surface area contributed by atoms with Crippen LogP contribution in [0.2, 0.25) is 0 Å². The van der Waals surface area contributed by atoms with Gasteiger partial charge < -0.3 is 9.67 Å². The normalized spacial score (nSPS) is 19.4. The van der Waals surface area contributed by atoms with Gasteiger partial charge in [-0.1, -0.05) is 32.0 Å². The minimum Gasteiger partial charge on any atom is -0.478 e. The van der Waals surface area contributed by atoms with Gasteiger partial charge in [-0.3, -0.25) is 4.79 Å². The molecule has 0 spiro atoms. The van der Waals surface area contributed by atoms with E-state index in [0.717, 1.165) is 29.1 Å². The molecule has 4 rings (SSSR count). The molecule has 1 aliphatic heterocycles. The highest BCUT2D eigenvalue weighted by molar-refractivity contribution is 7.97. The number of ketones is 1. The molecular formula is C24H29FN2O3S. The molecule has 2 heterocycles. The first kappa shape index (κ1) is 22.1. The molecule has 0 bridgehead atoms. The van der Waals surface area contributed by atoms with E-state index in [2.05, 4.69) is 10.4 Å². The van der Waals surface area contributed by atoms with E-state index in [-0.39, 0.29) is 11.2 Å². The number of fused-ring (bicyclic) bond motifs is 1. The van der Waals surface area contributed by atoms with Crippen LogP contribution in [-0.2, 0) is 17.6 Å². The van der Waals surface area contributed by atoms with Gasteiger partial charge in [-0.15, -0.1) is 0 Å². The largest absolute Gasteiger partial charge is 0.478 e. The number of carbonyl (C=O) groups is 2. The van der Waals surface area contributed by atoms with E-state index in [9.17, 15) is 19.1 Å². The van der Waals surface area contributed by atoms with E-state index in [4.69, 9.17) is 0 Å². The van der Waals surface area contributed by atoms with Crippen molar-refractivity contribution < 1.29 is 19.1 Å². The predicted octanol–water partition coefficient (Wildman–Crippen LogP) is 5.20. The van der Waals surface area contributed by atoms with E-state index in [0.29, 0.717) is 36.2 Å². The lowest BCUT2D eigenvalue weighted by molar-refractivity contribution is -0.146. The van der Waals surface area contributed by atoms with Crippen LogP contribution in [0.3, 0.4) is 0 Å². The van der Waals surface area contributed by atoms with Crippen molar-refractivity contribution in [3.63, 3.8) is 0 Å². The number of Topliss-reactive ketones (excluding diaryl/α,β-unsaturated/α-hetero) is 1. The number of alkyl halides is 1. The molecule has 2 aliphatic rings. The molecule has 31 heavy (non-hydrogen) atoms. The average molecular weight is 445 g/mol. The Kier molecular flexibility index (Phi) is 6.01. The Labute approximate surface area is 186 Å². The summed E-state index contributed by atoms with van der Waals surface area (Å²) in [7, 11) is 0. The molecule has 1 N–H and O–H groups in total. The number of rotatable bonds is 6. The van der Waals surface area contributed by atoms with Gasteiger partial charge in [0.1, 0.15) is 0 Å². The molecule has 1 unspecified atom stereocenters. The third-order valence-electron chi connectivity index (χ3n) is 6.31. The molecule has 1 saturated heterocycles. The van der Waals surface area contributed by atoms with Crippen molar-refractivity contribution in [1.82, 2.24) is 8.87 Å². The Morgan fingerprint density at radius 3 is 2.58 bits per heavy atom. The number of carbonyl (C=O) groups excluding carboxylic acids is 1. The van der Waals surface area contributed by atoms with Gasteiger partial charge in [-0.05, 0) is 60.7 Å². The summed E-state index contributed by atoms with van der Waals surface area (Å²) in [5, 5.41) is 9.37. The van der Waals surface area contributed by atoms with Crippen LogP contribution in [0.25, 0.3) is 0 Å². The number of nitrogens with zero attached hydrogens (tertiary/aromatic N) is 2. The summed E-state index contributed by atoms with van der Waals surface area (Å²) in [6.07, 6.45) is 1.54. The molecule has 1 fully saturated rings. The van der Waals surface area contributed by atoms with Gasteiger partial charge in [0.15, 0.2) is 5.78 Å². The molecule has 0 amide bonds. The van der Waals surface area contributed by atoms with E-state index >= 15 is 0 Å². The number of aliphatic carboxylic acids is 1. The molecular weight excluding hydrogens is 415 g/mol. The fraction of sp³-hybridized carbons (Fsp3) is 0.500. The van der Waals surface area contributed by atoms with E-state index in [1.165, 1.54) is 17.4 Å². The van der Waals surface area contributed by atoms with Gasteiger partial charge >= 0.3 is 5.97 Å². The van der Waals surface area contributed by atoms with Crippen molar-refractivity contribution in [1.29, 1.82) is 0 Å². The minimum absolute atomic E-state index is 0.0228. The topological polar surface area (TPSA) is 62.5 Å². The second kappa shape index (κ2) is 8.43. The van der Waals surface area contributed by atoms with Crippen LogP contribution in [-0.4, -0.2) is 38.8 Å². The van der Waals surface area contributed by atoms with Crippen LogP contribution < -0.4 is 0 Å². The SMILES string of the molecule is Cc1c(Cc2ccccc2SN2CCCC2)c2c(n1C(F)C(=O)O)CC(C)(C)CC2=O. The molecule has 7 heteroatoms. The molecule has 166 valence electrons. The number of aromatic nitrogens is 1. The second-order valence-electron chi connectivity index (χ2n) is 9.38. The van der Waals surface area contributed by atoms with Gasteiger partial charge in [-0.2, -0.15) is 0 Å². The van der Waals surface area contributed by atoms with Crippen LogP contribution >= 0.6 is 11.9 Å². The van der Waals surface area contributed by atoms with E-state index < -0.39 is 12.3 Å². The molecule has 1 atom stereocenters. The van der Waals surface area contributed by atoms with Crippen LogP contribution in [0.4, 0.5) is 4.39 Å². The molecule has 0 saturated carbocycles.